The molecule has 1 N–H and O–H groups in total. The second-order valence-corrected chi connectivity index (χ2v) is 6.43. The van der Waals surface area contributed by atoms with Gasteiger partial charge in [-0.3, -0.25) is 9.36 Å². The van der Waals surface area contributed by atoms with Crippen molar-refractivity contribution in [2.75, 3.05) is 0 Å². The maximum Gasteiger partial charge on any atom is 0.0762 e. The van der Waals surface area contributed by atoms with Crippen molar-refractivity contribution in [1.29, 1.82) is 0 Å². The number of nitrogens with zero attached hydrogens (tertiary/aromatic N) is 4. The molecular formula is C16H27N5. The smallest absolute Gasteiger partial charge is 0.0762 e. The van der Waals surface area contributed by atoms with Crippen molar-refractivity contribution in [2.45, 2.75) is 53.9 Å². The third-order valence-electron chi connectivity index (χ3n) is 3.20. The van der Waals surface area contributed by atoms with Gasteiger partial charge in [-0.25, -0.2) is 0 Å². The minimum atomic E-state index is 0.607. The van der Waals surface area contributed by atoms with E-state index in [1.807, 2.05) is 10.9 Å². The minimum absolute atomic E-state index is 0.607. The van der Waals surface area contributed by atoms with E-state index < -0.39 is 0 Å². The van der Waals surface area contributed by atoms with E-state index in [4.69, 9.17) is 0 Å². The zero-order chi connectivity index (χ0) is 15.2. The molecule has 0 fully saturated rings. The third kappa shape index (κ3) is 5.01. The number of nitrogens with one attached hydrogen (secondary N) is 1. The normalized spacial score (nSPS) is 11.7. The van der Waals surface area contributed by atoms with Crippen LogP contribution < -0.4 is 5.32 Å². The molecule has 5 nitrogen and oxygen atoms in total. The molecular weight excluding hydrogens is 262 g/mol. The van der Waals surface area contributed by atoms with Gasteiger partial charge < -0.3 is 5.32 Å². The van der Waals surface area contributed by atoms with E-state index in [0.29, 0.717) is 11.8 Å². The van der Waals surface area contributed by atoms with Crippen LogP contribution in [0.15, 0.2) is 24.5 Å². The highest BCUT2D eigenvalue weighted by Crippen LogP contribution is 2.05. The average molecular weight is 289 g/mol. The molecule has 0 atom stereocenters. The standard InChI is InChI=1S/C16H27N5/c1-13(2)11-20-8-6-15(19-20)9-17-10-16-5-7-18-21(16)12-14(3)4/h5-8,13-14,17H,9-12H2,1-4H3. The molecule has 116 valence electrons. The van der Waals surface area contributed by atoms with E-state index in [2.05, 4.69) is 66.2 Å². The topological polar surface area (TPSA) is 47.7 Å². The molecule has 0 aliphatic carbocycles. The molecule has 21 heavy (non-hydrogen) atoms. The Morgan fingerprint density at radius 2 is 1.81 bits per heavy atom. The molecule has 2 aromatic heterocycles. The average Bonchev–Trinajstić information content (AvgIpc) is 2.99. The predicted molar refractivity (Wildman–Crippen MR) is 84.7 cm³/mol. The van der Waals surface area contributed by atoms with E-state index >= 15 is 0 Å². The summed E-state index contributed by atoms with van der Waals surface area (Å²) in [5.41, 5.74) is 2.32. The molecule has 0 saturated carbocycles. The van der Waals surface area contributed by atoms with Crippen molar-refractivity contribution < 1.29 is 0 Å². The second kappa shape index (κ2) is 7.41. The van der Waals surface area contributed by atoms with Gasteiger partial charge >= 0.3 is 0 Å². The van der Waals surface area contributed by atoms with E-state index in [1.165, 1.54) is 5.69 Å². The molecule has 0 aromatic carbocycles. The zero-order valence-electron chi connectivity index (χ0n) is 13.6. The molecule has 0 aliphatic heterocycles. The summed E-state index contributed by atoms with van der Waals surface area (Å²) in [4.78, 5) is 0. The number of rotatable bonds is 8. The lowest BCUT2D eigenvalue weighted by Crippen LogP contribution is -2.18. The first-order valence-electron chi connectivity index (χ1n) is 7.78. The fraction of sp³-hybridized carbons (Fsp3) is 0.625. The van der Waals surface area contributed by atoms with Gasteiger partial charge in [0.2, 0.25) is 0 Å². The van der Waals surface area contributed by atoms with Gasteiger partial charge in [0.25, 0.3) is 0 Å². The third-order valence-corrected chi connectivity index (χ3v) is 3.20. The molecule has 0 unspecified atom stereocenters. The lowest BCUT2D eigenvalue weighted by atomic mass is 10.2. The van der Waals surface area contributed by atoms with Crippen molar-refractivity contribution in [1.82, 2.24) is 24.9 Å². The van der Waals surface area contributed by atoms with Gasteiger partial charge in [-0.1, -0.05) is 27.7 Å². The van der Waals surface area contributed by atoms with Gasteiger partial charge in [-0.15, -0.1) is 0 Å². The maximum absolute atomic E-state index is 4.57. The summed E-state index contributed by atoms with van der Waals surface area (Å²) in [5.74, 6) is 1.23. The Labute approximate surface area is 127 Å². The van der Waals surface area contributed by atoms with Crippen molar-refractivity contribution in [2.24, 2.45) is 11.8 Å². The highest BCUT2D eigenvalue weighted by atomic mass is 15.3. The zero-order valence-corrected chi connectivity index (χ0v) is 13.6. The van der Waals surface area contributed by atoms with E-state index in [0.717, 1.165) is 31.9 Å². The first-order chi connectivity index (χ1) is 10.0. The molecule has 2 heterocycles. The molecule has 5 heteroatoms. The molecule has 0 spiro atoms. The van der Waals surface area contributed by atoms with Crippen LogP contribution in [0.4, 0.5) is 0 Å². The number of hydrogen-bond acceptors (Lipinski definition) is 3. The Bertz CT molecular complexity index is 538. The first kappa shape index (κ1) is 15.8. The van der Waals surface area contributed by atoms with E-state index in [1.54, 1.807) is 0 Å². The minimum Gasteiger partial charge on any atom is -0.305 e. The Morgan fingerprint density at radius 3 is 2.52 bits per heavy atom. The Morgan fingerprint density at radius 1 is 1.05 bits per heavy atom. The monoisotopic (exact) mass is 289 g/mol. The van der Waals surface area contributed by atoms with Crippen LogP contribution in [-0.4, -0.2) is 19.6 Å². The van der Waals surface area contributed by atoms with Gasteiger partial charge in [-0.05, 0) is 24.0 Å². The second-order valence-electron chi connectivity index (χ2n) is 6.43. The first-order valence-corrected chi connectivity index (χ1v) is 7.78. The summed E-state index contributed by atoms with van der Waals surface area (Å²) in [6.07, 6.45) is 3.93. The van der Waals surface area contributed by atoms with Crippen molar-refractivity contribution in [3.05, 3.63) is 35.9 Å². The Balaban J connectivity index is 1.81. The fourth-order valence-electron chi connectivity index (χ4n) is 2.31. The summed E-state index contributed by atoms with van der Waals surface area (Å²) >= 11 is 0. The summed E-state index contributed by atoms with van der Waals surface area (Å²) in [6, 6.07) is 4.16. The molecule has 0 amide bonds. The molecule has 0 bridgehead atoms. The summed E-state index contributed by atoms with van der Waals surface area (Å²) in [7, 11) is 0. The van der Waals surface area contributed by atoms with Crippen LogP contribution in [0, 0.1) is 11.8 Å². The molecule has 0 radical (unpaired) electrons. The summed E-state index contributed by atoms with van der Waals surface area (Å²) in [6.45, 7) is 12.4. The van der Waals surface area contributed by atoms with E-state index in [-0.39, 0.29) is 0 Å². The largest absolute Gasteiger partial charge is 0.305 e. The lowest BCUT2D eigenvalue weighted by molar-refractivity contribution is 0.458. The maximum atomic E-state index is 4.57. The van der Waals surface area contributed by atoms with E-state index in [9.17, 15) is 0 Å². The van der Waals surface area contributed by atoms with Gasteiger partial charge in [0, 0.05) is 38.6 Å². The van der Waals surface area contributed by atoms with Crippen LogP contribution in [0.5, 0.6) is 0 Å². The lowest BCUT2D eigenvalue weighted by Gasteiger charge is -2.10. The number of aromatic nitrogens is 4. The number of hydrogen-bond donors (Lipinski definition) is 1. The quantitative estimate of drug-likeness (QED) is 0.813. The Kier molecular flexibility index (Phi) is 5.56. The molecule has 0 saturated heterocycles. The predicted octanol–water partition coefficient (Wildman–Crippen LogP) is 2.68. The SMILES string of the molecule is CC(C)Cn1ccc(CNCc2ccnn2CC(C)C)n1. The molecule has 2 rings (SSSR count). The molecule has 2 aromatic rings. The van der Waals surface area contributed by atoms with Crippen LogP contribution >= 0.6 is 0 Å². The van der Waals surface area contributed by atoms with Crippen LogP contribution in [0.1, 0.15) is 39.1 Å². The molecule has 0 aliphatic rings. The fourth-order valence-corrected chi connectivity index (χ4v) is 2.31. The highest BCUT2D eigenvalue weighted by Gasteiger charge is 2.05. The van der Waals surface area contributed by atoms with Crippen LogP contribution in [-0.2, 0) is 26.2 Å². The Hall–Kier alpha value is -1.62. The van der Waals surface area contributed by atoms with Crippen molar-refractivity contribution in [3.63, 3.8) is 0 Å². The summed E-state index contributed by atoms with van der Waals surface area (Å²) < 4.78 is 4.10. The van der Waals surface area contributed by atoms with Crippen LogP contribution in [0.2, 0.25) is 0 Å². The van der Waals surface area contributed by atoms with Gasteiger partial charge in [-0.2, -0.15) is 10.2 Å². The van der Waals surface area contributed by atoms with Crippen LogP contribution in [0.3, 0.4) is 0 Å². The van der Waals surface area contributed by atoms with Gasteiger partial charge in [0.1, 0.15) is 0 Å². The van der Waals surface area contributed by atoms with Gasteiger partial charge in [0.05, 0.1) is 11.4 Å². The van der Waals surface area contributed by atoms with Gasteiger partial charge in [0.15, 0.2) is 0 Å². The van der Waals surface area contributed by atoms with Crippen molar-refractivity contribution in [3.8, 4) is 0 Å². The summed E-state index contributed by atoms with van der Waals surface area (Å²) in [5, 5.41) is 12.4. The highest BCUT2D eigenvalue weighted by molar-refractivity contribution is 5.02. The van der Waals surface area contributed by atoms with Crippen LogP contribution in [0.25, 0.3) is 0 Å². The van der Waals surface area contributed by atoms with Crippen molar-refractivity contribution >= 4 is 0 Å².